The van der Waals surface area contributed by atoms with E-state index in [1.54, 1.807) is 6.08 Å². The maximum atomic E-state index is 12.7. The molecule has 22 heavy (non-hydrogen) atoms. The molecule has 0 heterocycles. The van der Waals surface area contributed by atoms with Crippen LogP contribution < -0.4 is 0 Å². The molecule has 5 heteroatoms. The molecule has 2 N–H and O–H groups in total. The number of allylic oxidation sites excluding steroid dienone is 1. The summed E-state index contributed by atoms with van der Waals surface area (Å²) >= 11 is 0. The van der Waals surface area contributed by atoms with Crippen LogP contribution in [-0.2, 0) is 22.7 Å². The van der Waals surface area contributed by atoms with Crippen LogP contribution in [-0.4, -0.2) is 18.6 Å². The number of rotatable bonds is 5. The molecule has 0 unspecified atom stereocenters. The van der Waals surface area contributed by atoms with Crippen molar-refractivity contribution in [3.63, 3.8) is 0 Å². The van der Waals surface area contributed by atoms with Crippen molar-refractivity contribution in [3.8, 4) is 11.5 Å². The van der Waals surface area contributed by atoms with Crippen molar-refractivity contribution in [2.75, 3.05) is 0 Å². The average Bonchev–Trinajstić information content (AvgIpc) is 2.49. The van der Waals surface area contributed by atoms with Crippen molar-refractivity contribution in [1.82, 2.24) is 0 Å². The van der Waals surface area contributed by atoms with Gasteiger partial charge in [-0.2, -0.15) is 0 Å². The van der Waals surface area contributed by atoms with Crippen LogP contribution in [0.25, 0.3) is 0 Å². The molecule has 2 rings (SSSR count). The molecule has 0 bridgehead atoms. The topological polar surface area (TPSA) is 74.6 Å². The summed E-state index contributed by atoms with van der Waals surface area (Å²) < 4.78 is 25.4. The van der Waals surface area contributed by atoms with Gasteiger partial charge in [-0.1, -0.05) is 13.0 Å². The van der Waals surface area contributed by atoms with Crippen LogP contribution in [0, 0.1) is 0 Å². The standard InChI is InChI=1S/C17H18O4S/c1-3-5-13-11-15(7-9-17(13)19)22(20,21)14-6-8-16(18)12(4-2)10-14/h3,6-11,18-19H,1,4-5H2,2H3. The van der Waals surface area contributed by atoms with Crippen molar-refractivity contribution in [1.29, 1.82) is 0 Å². The van der Waals surface area contributed by atoms with Gasteiger partial charge in [0.25, 0.3) is 0 Å². The van der Waals surface area contributed by atoms with E-state index in [0.717, 1.165) is 0 Å². The summed E-state index contributed by atoms with van der Waals surface area (Å²) in [4.78, 5) is 0.229. The molecule has 0 aromatic heterocycles. The van der Waals surface area contributed by atoms with Gasteiger partial charge in [0.1, 0.15) is 11.5 Å². The molecule has 0 amide bonds. The van der Waals surface area contributed by atoms with Crippen LogP contribution in [0.4, 0.5) is 0 Å². The van der Waals surface area contributed by atoms with Crippen molar-refractivity contribution < 1.29 is 18.6 Å². The highest BCUT2D eigenvalue weighted by Gasteiger charge is 2.20. The number of aromatic hydroxyl groups is 2. The lowest BCUT2D eigenvalue weighted by Gasteiger charge is -2.10. The van der Waals surface area contributed by atoms with Gasteiger partial charge in [-0.3, -0.25) is 0 Å². The SMILES string of the molecule is C=CCc1cc(S(=O)(=O)c2ccc(O)c(CC)c2)ccc1O. The Balaban J connectivity index is 2.55. The molecule has 0 aliphatic carbocycles. The zero-order valence-electron chi connectivity index (χ0n) is 12.3. The quantitative estimate of drug-likeness (QED) is 0.830. The molecule has 2 aromatic carbocycles. The first kappa shape index (κ1) is 16.1. The number of hydrogen-bond donors (Lipinski definition) is 2. The second-order valence-electron chi connectivity index (χ2n) is 4.93. The largest absolute Gasteiger partial charge is 0.508 e. The third kappa shape index (κ3) is 2.99. The molecule has 0 saturated heterocycles. The Morgan fingerprint density at radius 1 is 1.00 bits per heavy atom. The lowest BCUT2D eigenvalue weighted by molar-refractivity contribution is 0.468. The van der Waals surface area contributed by atoms with E-state index in [2.05, 4.69) is 6.58 Å². The predicted octanol–water partition coefficient (Wildman–Crippen LogP) is 3.22. The van der Waals surface area contributed by atoms with Crippen molar-refractivity contribution >= 4 is 9.84 Å². The fraction of sp³-hybridized carbons (Fsp3) is 0.176. The first-order valence-electron chi connectivity index (χ1n) is 6.90. The smallest absolute Gasteiger partial charge is 0.206 e. The predicted molar refractivity (Wildman–Crippen MR) is 84.9 cm³/mol. The van der Waals surface area contributed by atoms with Gasteiger partial charge < -0.3 is 10.2 Å². The maximum Gasteiger partial charge on any atom is 0.206 e. The van der Waals surface area contributed by atoms with Crippen LogP contribution in [0.2, 0.25) is 0 Å². The summed E-state index contributed by atoms with van der Waals surface area (Å²) in [5.74, 6) is 0.123. The Hall–Kier alpha value is -2.27. The third-order valence-electron chi connectivity index (χ3n) is 3.47. The summed E-state index contributed by atoms with van der Waals surface area (Å²) in [6.07, 6.45) is 2.51. The second kappa shape index (κ2) is 6.23. The molecule has 0 atom stereocenters. The Bertz CT molecular complexity index is 807. The van der Waals surface area contributed by atoms with E-state index in [1.807, 2.05) is 6.92 Å². The van der Waals surface area contributed by atoms with Crippen LogP contribution >= 0.6 is 0 Å². The molecule has 0 aliphatic rings. The first-order valence-corrected chi connectivity index (χ1v) is 8.38. The molecule has 0 spiro atoms. The van der Waals surface area contributed by atoms with Gasteiger partial charge in [0, 0.05) is 0 Å². The molecule has 2 aromatic rings. The number of benzene rings is 2. The zero-order valence-corrected chi connectivity index (χ0v) is 13.1. The molecule has 116 valence electrons. The Morgan fingerprint density at radius 2 is 1.50 bits per heavy atom. The summed E-state index contributed by atoms with van der Waals surface area (Å²) in [6, 6.07) is 8.43. The van der Waals surface area contributed by atoms with E-state index in [-0.39, 0.29) is 21.3 Å². The monoisotopic (exact) mass is 318 g/mol. The lowest BCUT2D eigenvalue weighted by Crippen LogP contribution is -2.03. The van der Waals surface area contributed by atoms with Gasteiger partial charge in [0.05, 0.1) is 9.79 Å². The van der Waals surface area contributed by atoms with Crippen molar-refractivity contribution in [3.05, 3.63) is 60.2 Å². The van der Waals surface area contributed by atoms with Gasteiger partial charge in [0.15, 0.2) is 0 Å². The first-order chi connectivity index (χ1) is 10.4. The summed E-state index contributed by atoms with van der Waals surface area (Å²) in [6.45, 7) is 5.43. The van der Waals surface area contributed by atoms with E-state index < -0.39 is 9.84 Å². The van der Waals surface area contributed by atoms with Gasteiger partial charge in [-0.15, -0.1) is 6.58 Å². The lowest BCUT2D eigenvalue weighted by atomic mass is 10.1. The van der Waals surface area contributed by atoms with Gasteiger partial charge >= 0.3 is 0 Å². The number of phenolic OH excluding ortho intramolecular Hbond substituents is 2. The Kier molecular flexibility index (Phi) is 4.56. The number of aryl methyl sites for hydroxylation is 1. The number of phenols is 2. The number of hydrogen-bond acceptors (Lipinski definition) is 4. The zero-order chi connectivity index (χ0) is 16.3. The van der Waals surface area contributed by atoms with Crippen molar-refractivity contribution in [2.45, 2.75) is 29.6 Å². The normalized spacial score (nSPS) is 11.3. The minimum absolute atomic E-state index is 0.0406. The van der Waals surface area contributed by atoms with Gasteiger partial charge in [0.2, 0.25) is 9.84 Å². The van der Waals surface area contributed by atoms with Crippen LogP contribution in [0.3, 0.4) is 0 Å². The van der Waals surface area contributed by atoms with Gasteiger partial charge in [-0.05, 0) is 60.4 Å². The summed E-state index contributed by atoms with van der Waals surface area (Å²) in [5.41, 5.74) is 1.08. The minimum atomic E-state index is -3.70. The highest BCUT2D eigenvalue weighted by Crippen LogP contribution is 2.29. The molecule has 0 saturated carbocycles. The molecule has 0 aliphatic heterocycles. The molecule has 0 fully saturated rings. The Morgan fingerprint density at radius 3 is 2.00 bits per heavy atom. The highest BCUT2D eigenvalue weighted by atomic mass is 32.2. The molecular weight excluding hydrogens is 300 g/mol. The Labute approximate surface area is 130 Å². The van der Waals surface area contributed by atoms with Crippen LogP contribution in [0.5, 0.6) is 11.5 Å². The molecule has 0 radical (unpaired) electrons. The number of sulfone groups is 1. The average molecular weight is 318 g/mol. The fourth-order valence-electron chi connectivity index (χ4n) is 2.20. The highest BCUT2D eigenvalue weighted by molar-refractivity contribution is 7.91. The van der Waals surface area contributed by atoms with E-state index in [1.165, 1.54) is 36.4 Å². The third-order valence-corrected chi connectivity index (χ3v) is 5.22. The van der Waals surface area contributed by atoms with E-state index in [0.29, 0.717) is 24.0 Å². The van der Waals surface area contributed by atoms with Gasteiger partial charge in [-0.25, -0.2) is 8.42 Å². The van der Waals surface area contributed by atoms with E-state index in [4.69, 9.17) is 0 Å². The molecular formula is C17H18O4S. The minimum Gasteiger partial charge on any atom is -0.508 e. The van der Waals surface area contributed by atoms with E-state index >= 15 is 0 Å². The maximum absolute atomic E-state index is 12.7. The van der Waals surface area contributed by atoms with Crippen molar-refractivity contribution in [2.24, 2.45) is 0 Å². The summed E-state index contributed by atoms with van der Waals surface area (Å²) in [5, 5.41) is 19.4. The van der Waals surface area contributed by atoms with E-state index in [9.17, 15) is 18.6 Å². The fourth-order valence-corrected chi connectivity index (χ4v) is 3.56. The second-order valence-corrected chi connectivity index (χ2v) is 6.88. The summed E-state index contributed by atoms with van der Waals surface area (Å²) in [7, 11) is -3.70. The molecule has 4 nitrogen and oxygen atoms in total. The van der Waals surface area contributed by atoms with Crippen LogP contribution in [0.15, 0.2) is 58.8 Å². The van der Waals surface area contributed by atoms with Crippen LogP contribution in [0.1, 0.15) is 18.1 Å².